The lowest BCUT2D eigenvalue weighted by Gasteiger charge is -2.36. The SMILES string of the molecule is Cc1ccc(NS(=O)(=O)c2ccc3c(c2)C2OCC[C@H]2C(c2ccc(C(=O)C(C)C)cc2)N3)cc1C. The minimum absolute atomic E-state index is 0.0179. The van der Waals surface area contributed by atoms with E-state index in [1.54, 1.807) is 18.2 Å². The molecule has 3 aromatic carbocycles. The van der Waals surface area contributed by atoms with Gasteiger partial charge < -0.3 is 10.1 Å². The number of aryl methyl sites for hydroxylation is 2. The lowest BCUT2D eigenvalue weighted by Crippen LogP contribution is -2.29. The van der Waals surface area contributed by atoms with Crippen molar-refractivity contribution in [3.8, 4) is 0 Å². The number of anilines is 2. The van der Waals surface area contributed by atoms with Crippen LogP contribution in [0.15, 0.2) is 65.6 Å². The Kier molecular flexibility index (Phi) is 6.39. The predicted molar refractivity (Wildman–Crippen MR) is 142 cm³/mol. The van der Waals surface area contributed by atoms with Crippen LogP contribution in [-0.4, -0.2) is 20.8 Å². The summed E-state index contributed by atoms with van der Waals surface area (Å²) in [6.45, 7) is 8.38. The van der Waals surface area contributed by atoms with Gasteiger partial charge in [-0.25, -0.2) is 8.42 Å². The molecule has 0 spiro atoms. The molecular weight excluding hydrogens is 472 g/mol. The van der Waals surface area contributed by atoms with E-state index in [9.17, 15) is 13.2 Å². The molecule has 0 aromatic heterocycles. The molecule has 0 radical (unpaired) electrons. The number of carbonyl (C=O) groups excluding carboxylic acids is 1. The molecule has 0 bridgehead atoms. The Morgan fingerprint density at radius 2 is 1.75 bits per heavy atom. The van der Waals surface area contributed by atoms with Gasteiger partial charge >= 0.3 is 0 Å². The summed E-state index contributed by atoms with van der Waals surface area (Å²) in [7, 11) is -3.76. The van der Waals surface area contributed by atoms with E-state index >= 15 is 0 Å². The standard InChI is InChI=1S/C29H32N2O4S/c1-17(2)28(32)21-8-6-20(7-9-21)27-24-13-14-35-29(24)25-16-23(11-12-26(25)30-27)36(33,34)31-22-10-5-18(3)19(4)15-22/h5-12,15-17,24,27,29-31H,13-14H2,1-4H3/t24-,27?,29?/m0/s1. The summed E-state index contributed by atoms with van der Waals surface area (Å²) in [5.41, 5.74) is 6.23. The largest absolute Gasteiger partial charge is 0.378 e. The minimum Gasteiger partial charge on any atom is -0.378 e. The Balaban J connectivity index is 1.43. The highest BCUT2D eigenvalue weighted by atomic mass is 32.2. The molecular formula is C29H32N2O4S. The van der Waals surface area contributed by atoms with Gasteiger partial charge in [-0.15, -0.1) is 0 Å². The fourth-order valence-electron chi connectivity index (χ4n) is 5.15. The third-order valence-electron chi connectivity index (χ3n) is 7.35. The van der Waals surface area contributed by atoms with Crippen molar-refractivity contribution in [3.63, 3.8) is 0 Å². The first-order chi connectivity index (χ1) is 17.1. The normalized spacial score (nSPS) is 21.0. The molecule has 5 rings (SSSR count). The number of benzene rings is 3. The number of hydrogen-bond acceptors (Lipinski definition) is 5. The number of Topliss-reactive ketones (excluding diaryl/α,β-unsaturated/α-hetero) is 1. The van der Waals surface area contributed by atoms with Crippen LogP contribution in [0.4, 0.5) is 11.4 Å². The summed E-state index contributed by atoms with van der Waals surface area (Å²) in [6.07, 6.45) is 0.673. The zero-order valence-corrected chi connectivity index (χ0v) is 21.9. The highest BCUT2D eigenvalue weighted by Gasteiger charge is 2.42. The zero-order valence-electron chi connectivity index (χ0n) is 21.0. The molecule has 2 aliphatic heterocycles. The fourth-order valence-corrected chi connectivity index (χ4v) is 6.24. The lowest BCUT2D eigenvalue weighted by molar-refractivity contribution is 0.0827. The van der Waals surface area contributed by atoms with Crippen LogP contribution >= 0.6 is 0 Å². The molecule has 7 heteroatoms. The summed E-state index contributed by atoms with van der Waals surface area (Å²) in [6, 6.07) is 18.6. The van der Waals surface area contributed by atoms with Gasteiger partial charge in [-0.1, -0.05) is 44.2 Å². The number of rotatable bonds is 6. The second-order valence-corrected chi connectivity index (χ2v) is 11.8. The molecule has 6 nitrogen and oxygen atoms in total. The summed E-state index contributed by atoms with van der Waals surface area (Å²) >= 11 is 0. The van der Waals surface area contributed by atoms with Crippen LogP contribution in [0.5, 0.6) is 0 Å². The number of fused-ring (bicyclic) bond motifs is 3. The van der Waals surface area contributed by atoms with Crippen molar-refractivity contribution in [2.24, 2.45) is 11.8 Å². The molecule has 2 heterocycles. The van der Waals surface area contributed by atoms with Crippen LogP contribution in [0.2, 0.25) is 0 Å². The predicted octanol–water partition coefficient (Wildman–Crippen LogP) is 6.19. The number of ketones is 1. The first kappa shape index (κ1) is 24.5. The molecule has 0 amide bonds. The van der Waals surface area contributed by atoms with Crippen molar-refractivity contribution in [1.29, 1.82) is 0 Å². The maximum atomic E-state index is 13.2. The van der Waals surface area contributed by atoms with Gasteiger partial charge in [-0.3, -0.25) is 9.52 Å². The Morgan fingerprint density at radius 3 is 2.44 bits per heavy atom. The van der Waals surface area contributed by atoms with Crippen molar-refractivity contribution in [1.82, 2.24) is 0 Å². The van der Waals surface area contributed by atoms with Crippen LogP contribution in [0.3, 0.4) is 0 Å². The molecule has 0 saturated carbocycles. The van der Waals surface area contributed by atoms with Gasteiger partial charge in [0.05, 0.1) is 17.0 Å². The summed E-state index contributed by atoms with van der Waals surface area (Å²) in [5, 5.41) is 3.62. The monoisotopic (exact) mass is 504 g/mol. The molecule has 188 valence electrons. The maximum absolute atomic E-state index is 13.2. The van der Waals surface area contributed by atoms with Gasteiger partial charge in [0, 0.05) is 40.9 Å². The summed E-state index contributed by atoms with van der Waals surface area (Å²) < 4.78 is 35.2. The number of hydrogen-bond donors (Lipinski definition) is 2. The van der Waals surface area contributed by atoms with Crippen molar-refractivity contribution < 1.29 is 17.9 Å². The Labute approximate surface area is 213 Å². The molecule has 0 aliphatic carbocycles. The van der Waals surface area contributed by atoms with E-state index in [2.05, 4.69) is 10.0 Å². The van der Waals surface area contributed by atoms with Crippen molar-refractivity contribution >= 4 is 27.2 Å². The van der Waals surface area contributed by atoms with Crippen LogP contribution < -0.4 is 10.0 Å². The van der Waals surface area contributed by atoms with E-state index in [1.807, 2.05) is 70.2 Å². The van der Waals surface area contributed by atoms with Crippen LogP contribution in [0, 0.1) is 25.7 Å². The number of sulfonamides is 1. The third kappa shape index (κ3) is 4.53. The topological polar surface area (TPSA) is 84.5 Å². The van der Waals surface area contributed by atoms with E-state index in [0.717, 1.165) is 39.9 Å². The molecule has 2 aliphatic rings. The number of ether oxygens (including phenoxy) is 1. The highest BCUT2D eigenvalue weighted by Crippen LogP contribution is 2.50. The number of nitrogens with one attached hydrogen (secondary N) is 2. The van der Waals surface area contributed by atoms with Gasteiger partial charge in [0.25, 0.3) is 10.0 Å². The maximum Gasteiger partial charge on any atom is 0.261 e. The van der Waals surface area contributed by atoms with Gasteiger partial charge in [0.15, 0.2) is 5.78 Å². The third-order valence-corrected chi connectivity index (χ3v) is 8.73. The van der Waals surface area contributed by atoms with Crippen LogP contribution in [0.1, 0.15) is 65.0 Å². The van der Waals surface area contributed by atoms with E-state index in [1.165, 1.54) is 0 Å². The first-order valence-electron chi connectivity index (χ1n) is 12.4. The molecule has 1 saturated heterocycles. The quantitative estimate of drug-likeness (QED) is 0.391. The second kappa shape index (κ2) is 9.37. The molecule has 2 unspecified atom stereocenters. The van der Waals surface area contributed by atoms with E-state index in [0.29, 0.717) is 12.3 Å². The van der Waals surface area contributed by atoms with E-state index < -0.39 is 10.0 Å². The average Bonchev–Trinajstić information content (AvgIpc) is 3.35. The minimum atomic E-state index is -3.76. The lowest BCUT2D eigenvalue weighted by atomic mass is 9.81. The van der Waals surface area contributed by atoms with Crippen molar-refractivity contribution in [3.05, 3.63) is 88.5 Å². The Bertz CT molecular complexity index is 1410. The molecule has 1 fully saturated rings. The van der Waals surface area contributed by atoms with Gasteiger partial charge in [-0.2, -0.15) is 0 Å². The average molecular weight is 505 g/mol. The second-order valence-electron chi connectivity index (χ2n) is 10.2. The van der Waals surface area contributed by atoms with E-state index in [4.69, 9.17) is 4.74 Å². The molecule has 36 heavy (non-hydrogen) atoms. The Morgan fingerprint density at radius 1 is 1.00 bits per heavy atom. The highest BCUT2D eigenvalue weighted by molar-refractivity contribution is 7.92. The molecule has 2 N–H and O–H groups in total. The summed E-state index contributed by atoms with van der Waals surface area (Å²) in [5.74, 6) is 0.252. The van der Waals surface area contributed by atoms with Crippen molar-refractivity contribution in [2.45, 2.75) is 51.2 Å². The Hall–Kier alpha value is -3.16. The number of carbonyl (C=O) groups is 1. The zero-order chi connectivity index (χ0) is 25.6. The van der Waals surface area contributed by atoms with Gasteiger partial charge in [-0.05, 0) is 67.3 Å². The summed E-state index contributed by atoms with van der Waals surface area (Å²) in [4.78, 5) is 12.6. The van der Waals surface area contributed by atoms with Gasteiger partial charge in [0.2, 0.25) is 0 Å². The molecule has 3 aromatic rings. The van der Waals surface area contributed by atoms with Gasteiger partial charge in [0.1, 0.15) is 0 Å². The smallest absolute Gasteiger partial charge is 0.261 e. The first-order valence-corrected chi connectivity index (χ1v) is 13.9. The fraction of sp³-hybridized carbons (Fsp3) is 0.345. The van der Waals surface area contributed by atoms with Crippen LogP contribution in [0.25, 0.3) is 0 Å². The molecule has 3 atom stereocenters. The van der Waals surface area contributed by atoms with Crippen LogP contribution in [-0.2, 0) is 14.8 Å². The van der Waals surface area contributed by atoms with Crippen molar-refractivity contribution in [2.75, 3.05) is 16.6 Å². The van der Waals surface area contributed by atoms with E-state index in [-0.39, 0.29) is 34.7 Å².